The molecule has 0 aromatic carbocycles. The van der Waals surface area contributed by atoms with Gasteiger partial charge in [0, 0.05) is 19.5 Å². The number of ether oxygens (including phenoxy) is 1. The maximum absolute atomic E-state index is 11.9. The van der Waals surface area contributed by atoms with Crippen molar-refractivity contribution in [2.45, 2.75) is 32.1 Å². The molecule has 1 N–H and O–H groups in total. The lowest BCUT2D eigenvalue weighted by atomic mass is 10.1. The van der Waals surface area contributed by atoms with Crippen molar-refractivity contribution < 1.29 is 19.4 Å². The van der Waals surface area contributed by atoms with Gasteiger partial charge in [0.1, 0.15) is 0 Å². The van der Waals surface area contributed by atoms with Crippen LogP contribution < -0.4 is 0 Å². The van der Waals surface area contributed by atoms with Gasteiger partial charge in [0.2, 0.25) is 5.91 Å². The number of rotatable bonds is 8. The van der Waals surface area contributed by atoms with E-state index < -0.39 is 5.97 Å². The van der Waals surface area contributed by atoms with Gasteiger partial charge in [-0.1, -0.05) is 0 Å². The Balaban J connectivity index is 1.53. The summed E-state index contributed by atoms with van der Waals surface area (Å²) in [6.45, 7) is 2.73. The van der Waals surface area contributed by atoms with Crippen molar-refractivity contribution in [3.05, 3.63) is 0 Å². The molecule has 1 amide bonds. The fraction of sp³-hybridized carbons (Fsp3) is 0.857. The molecule has 0 radical (unpaired) electrons. The number of aliphatic carboxylic acids is 1. The minimum absolute atomic E-state index is 0.0602. The standard InChI is InChI=1S/C14H23NO4S/c16-12(15-5-7-19-8-6-15)2-1-9-20-11-14(3-4-14)10-13(17)18/h1-11H2,(H,17,18). The molecule has 2 fully saturated rings. The summed E-state index contributed by atoms with van der Waals surface area (Å²) >= 11 is 1.79. The Hall–Kier alpha value is -0.750. The first-order valence-electron chi connectivity index (χ1n) is 7.26. The molecule has 0 aromatic heterocycles. The van der Waals surface area contributed by atoms with Crippen molar-refractivity contribution in [3.63, 3.8) is 0 Å². The van der Waals surface area contributed by atoms with Crippen molar-refractivity contribution in [1.82, 2.24) is 4.90 Å². The number of thioether (sulfide) groups is 1. The van der Waals surface area contributed by atoms with E-state index in [2.05, 4.69) is 0 Å². The molecule has 1 heterocycles. The Morgan fingerprint density at radius 2 is 1.95 bits per heavy atom. The molecule has 1 saturated carbocycles. The van der Waals surface area contributed by atoms with E-state index in [0.29, 0.717) is 39.1 Å². The van der Waals surface area contributed by atoms with E-state index in [4.69, 9.17) is 9.84 Å². The summed E-state index contributed by atoms with van der Waals surface area (Å²) in [5.41, 5.74) is 0.0602. The number of hydrogen-bond donors (Lipinski definition) is 1. The van der Waals surface area contributed by atoms with Crippen molar-refractivity contribution in [1.29, 1.82) is 0 Å². The summed E-state index contributed by atoms with van der Waals surface area (Å²) in [7, 11) is 0. The van der Waals surface area contributed by atoms with Gasteiger partial charge < -0.3 is 14.7 Å². The number of amides is 1. The molecule has 1 aliphatic heterocycles. The molecule has 20 heavy (non-hydrogen) atoms. The van der Waals surface area contributed by atoms with Crippen molar-refractivity contribution in [2.24, 2.45) is 5.41 Å². The lowest BCUT2D eigenvalue weighted by molar-refractivity contribution is -0.138. The average Bonchev–Trinajstić information content (AvgIpc) is 3.18. The smallest absolute Gasteiger partial charge is 0.303 e. The third-order valence-corrected chi connectivity index (χ3v) is 5.33. The van der Waals surface area contributed by atoms with Gasteiger partial charge >= 0.3 is 5.97 Å². The Morgan fingerprint density at radius 3 is 2.55 bits per heavy atom. The summed E-state index contributed by atoms with van der Waals surface area (Å²) < 4.78 is 5.22. The minimum atomic E-state index is -0.689. The highest BCUT2D eigenvalue weighted by Crippen LogP contribution is 2.51. The third kappa shape index (κ3) is 4.98. The molecule has 0 spiro atoms. The molecule has 0 aromatic rings. The van der Waals surface area contributed by atoms with Crippen LogP contribution in [-0.2, 0) is 14.3 Å². The first-order valence-corrected chi connectivity index (χ1v) is 8.42. The van der Waals surface area contributed by atoms with Crippen LogP contribution in [0, 0.1) is 5.41 Å². The Morgan fingerprint density at radius 1 is 1.25 bits per heavy atom. The zero-order valence-electron chi connectivity index (χ0n) is 11.8. The summed E-state index contributed by atoms with van der Waals surface area (Å²) in [5, 5.41) is 8.84. The Kier molecular flexibility index (Phi) is 5.72. The molecule has 0 bridgehead atoms. The highest BCUT2D eigenvalue weighted by Gasteiger charge is 2.43. The van der Waals surface area contributed by atoms with Gasteiger partial charge in [-0.05, 0) is 36.2 Å². The second-order valence-corrected chi connectivity index (χ2v) is 6.82. The molecular weight excluding hydrogens is 278 g/mol. The normalized spacial score (nSPS) is 20.7. The van der Waals surface area contributed by atoms with E-state index >= 15 is 0 Å². The largest absolute Gasteiger partial charge is 0.481 e. The number of carboxylic acids is 1. The van der Waals surface area contributed by atoms with E-state index in [0.717, 1.165) is 30.8 Å². The van der Waals surface area contributed by atoms with Crippen LogP contribution in [0.1, 0.15) is 32.1 Å². The first-order chi connectivity index (χ1) is 9.61. The summed E-state index contributed by atoms with van der Waals surface area (Å²) in [6.07, 6.45) is 3.85. The molecule has 1 aliphatic carbocycles. The topological polar surface area (TPSA) is 66.8 Å². The molecule has 2 aliphatic rings. The van der Waals surface area contributed by atoms with Crippen molar-refractivity contribution in [3.8, 4) is 0 Å². The number of nitrogens with zero attached hydrogens (tertiary/aromatic N) is 1. The summed E-state index contributed by atoms with van der Waals surface area (Å²) in [4.78, 5) is 24.5. The molecule has 1 saturated heterocycles. The van der Waals surface area contributed by atoms with Crippen LogP contribution in [0.15, 0.2) is 0 Å². The maximum Gasteiger partial charge on any atom is 0.303 e. The van der Waals surface area contributed by atoms with E-state index in [-0.39, 0.29) is 11.3 Å². The molecule has 5 nitrogen and oxygen atoms in total. The van der Waals surface area contributed by atoms with Gasteiger partial charge in [0.05, 0.1) is 19.6 Å². The van der Waals surface area contributed by atoms with Gasteiger partial charge in [0.25, 0.3) is 0 Å². The summed E-state index contributed by atoms with van der Waals surface area (Å²) in [6, 6.07) is 0. The van der Waals surface area contributed by atoms with Crippen LogP contribution in [-0.4, -0.2) is 59.7 Å². The van der Waals surface area contributed by atoms with E-state index in [9.17, 15) is 9.59 Å². The van der Waals surface area contributed by atoms with Crippen molar-refractivity contribution >= 4 is 23.6 Å². The molecule has 6 heteroatoms. The lowest BCUT2D eigenvalue weighted by Crippen LogP contribution is -2.40. The van der Waals surface area contributed by atoms with E-state index in [1.807, 2.05) is 4.90 Å². The predicted octanol–water partition coefficient (Wildman–Crippen LogP) is 1.61. The molecule has 114 valence electrons. The SMILES string of the molecule is O=C(O)CC1(CSCCCC(=O)N2CCOCC2)CC1. The third-order valence-electron chi connectivity index (χ3n) is 3.93. The summed E-state index contributed by atoms with van der Waals surface area (Å²) in [5.74, 6) is 1.40. The maximum atomic E-state index is 11.9. The zero-order chi connectivity index (χ0) is 14.4. The average molecular weight is 301 g/mol. The Bertz CT molecular complexity index is 351. The minimum Gasteiger partial charge on any atom is -0.481 e. The predicted molar refractivity (Wildman–Crippen MR) is 77.9 cm³/mol. The van der Waals surface area contributed by atoms with E-state index in [1.54, 1.807) is 11.8 Å². The van der Waals surface area contributed by atoms with Gasteiger partial charge in [0.15, 0.2) is 0 Å². The molecule has 0 atom stereocenters. The van der Waals surface area contributed by atoms with Crippen LogP contribution in [0.5, 0.6) is 0 Å². The number of morpholine rings is 1. The number of hydrogen-bond acceptors (Lipinski definition) is 4. The van der Waals surface area contributed by atoms with Crippen LogP contribution in [0.4, 0.5) is 0 Å². The quantitative estimate of drug-likeness (QED) is 0.690. The highest BCUT2D eigenvalue weighted by molar-refractivity contribution is 7.99. The van der Waals surface area contributed by atoms with Crippen LogP contribution in [0.25, 0.3) is 0 Å². The highest BCUT2D eigenvalue weighted by atomic mass is 32.2. The number of carbonyl (C=O) groups is 2. The van der Waals surface area contributed by atoms with Crippen LogP contribution >= 0.6 is 11.8 Å². The van der Waals surface area contributed by atoms with Gasteiger partial charge in [-0.25, -0.2) is 0 Å². The second kappa shape index (κ2) is 7.31. The molecule has 0 unspecified atom stereocenters. The fourth-order valence-corrected chi connectivity index (χ4v) is 3.77. The van der Waals surface area contributed by atoms with Crippen LogP contribution in [0.3, 0.4) is 0 Å². The number of carboxylic acid groups (broad SMARTS) is 1. The van der Waals surface area contributed by atoms with Gasteiger partial charge in [-0.2, -0.15) is 11.8 Å². The molecular formula is C14H23NO4S. The van der Waals surface area contributed by atoms with Crippen LogP contribution in [0.2, 0.25) is 0 Å². The van der Waals surface area contributed by atoms with Gasteiger partial charge in [-0.15, -0.1) is 0 Å². The fourth-order valence-electron chi connectivity index (χ4n) is 2.45. The zero-order valence-corrected chi connectivity index (χ0v) is 12.6. The molecule has 2 rings (SSSR count). The lowest BCUT2D eigenvalue weighted by Gasteiger charge is -2.26. The van der Waals surface area contributed by atoms with Crippen molar-refractivity contribution in [2.75, 3.05) is 37.8 Å². The Labute approximate surface area is 124 Å². The monoisotopic (exact) mass is 301 g/mol. The van der Waals surface area contributed by atoms with Gasteiger partial charge in [-0.3, -0.25) is 9.59 Å². The number of carbonyl (C=O) groups excluding carboxylic acids is 1. The first kappa shape index (κ1) is 15.6. The van der Waals surface area contributed by atoms with E-state index in [1.165, 1.54) is 0 Å². The second-order valence-electron chi connectivity index (χ2n) is 5.72.